The Balaban J connectivity index is 2.36. The average Bonchev–Trinajstić information content (AvgIpc) is 2.74. The second kappa shape index (κ2) is 5.97. The Morgan fingerprint density at radius 1 is 1.33 bits per heavy atom. The van der Waals surface area contributed by atoms with Gasteiger partial charge in [0.05, 0.1) is 11.4 Å². The monoisotopic (exact) mass is 307 g/mol. The molecule has 0 aliphatic rings. The van der Waals surface area contributed by atoms with Crippen LogP contribution in [0.2, 0.25) is 5.15 Å². The Morgan fingerprint density at radius 3 is 2.52 bits per heavy atom. The molecule has 1 aromatic heterocycles. The fourth-order valence-corrected chi connectivity index (χ4v) is 2.10. The predicted octanol–water partition coefficient (Wildman–Crippen LogP) is 1.86. The number of nitrogens with zero attached hydrogens (tertiary/aromatic N) is 2. The lowest BCUT2D eigenvalue weighted by Gasteiger charge is -2.09. The number of benzene rings is 1. The van der Waals surface area contributed by atoms with E-state index in [4.69, 9.17) is 22.1 Å². The first-order valence-corrected chi connectivity index (χ1v) is 6.60. The van der Waals surface area contributed by atoms with Gasteiger partial charge in [0.15, 0.2) is 6.10 Å². The van der Waals surface area contributed by atoms with Gasteiger partial charge < -0.3 is 10.5 Å². The van der Waals surface area contributed by atoms with E-state index in [-0.39, 0.29) is 10.7 Å². The van der Waals surface area contributed by atoms with Crippen LogP contribution in [-0.2, 0) is 9.53 Å². The normalized spacial score (nSPS) is 12.0. The zero-order chi connectivity index (χ0) is 15.6. The highest BCUT2D eigenvalue weighted by atomic mass is 35.5. The van der Waals surface area contributed by atoms with Crippen molar-refractivity contribution in [2.75, 3.05) is 0 Å². The van der Waals surface area contributed by atoms with Crippen molar-refractivity contribution in [2.45, 2.75) is 20.0 Å². The van der Waals surface area contributed by atoms with Crippen LogP contribution in [0, 0.1) is 6.92 Å². The van der Waals surface area contributed by atoms with E-state index in [1.54, 1.807) is 19.1 Å². The van der Waals surface area contributed by atoms with Crippen molar-refractivity contribution >= 4 is 23.5 Å². The minimum absolute atomic E-state index is 0.119. The number of carbonyl (C=O) groups excluding carboxylic acids is 2. The SMILES string of the molecule is Cc1nn(-c2ccccc2)c(Cl)c1C(=O)O[C@@H](C)C(N)=O. The molecule has 6 nitrogen and oxygen atoms in total. The zero-order valence-electron chi connectivity index (χ0n) is 11.5. The lowest BCUT2D eigenvalue weighted by Crippen LogP contribution is -2.30. The fraction of sp³-hybridized carbons (Fsp3) is 0.214. The summed E-state index contributed by atoms with van der Waals surface area (Å²) in [6.45, 7) is 3.03. The molecule has 21 heavy (non-hydrogen) atoms. The fourth-order valence-electron chi connectivity index (χ4n) is 1.75. The highest BCUT2D eigenvalue weighted by molar-refractivity contribution is 6.33. The molecule has 0 aliphatic carbocycles. The van der Waals surface area contributed by atoms with E-state index in [2.05, 4.69) is 5.10 Å². The first-order chi connectivity index (χ1) is 9.91. The lowest BCUT2D eigenvalue weighted by atomic mass is 10.2. The van der Waals surface area contributed by atoms with Crippen LogP contribution in [0.3, 0.4) is 0 Å². The molecule has 0 bridgehead atoms. The van der Waals surface area contributed by atoms with Gasteiger partial charge in [-0.1, -0.05) is 29.8 Å². The second-order valence-corrected chi connectivity index (χ2v) is 4.81. The maximum atomic E-state index is 12.1. The molecule has 2 rings (SSSR count). The number of hydrogen-bond donors (Lipinski definition) is 1. The van der Waals surface area contributed by atoms with E-state index in [1.807, 2.05) is 18.2 Å². The number of aromatic nitrogens is 2. The van der Waals surface area contributed by atoms with E-state index in [1.165, 1.54) is 11.6 Å². The van der Waals surface area contributed by atoms with Gasteiger partial charge in [0, 0.05) is 0 Å². The molecule has 1 aromatic carbocycles. The van der Waals surface area contributed by atoms with E-state index in [0.29, 0.717) is 11.4 Å². The highest BCUT2D eigenvalue weighted by Gasteiger charge is 2.25. The minimum Gasteiger partial charge on any atom is -0.449 e. The standard InChI is InChI=1S/C14H14ClN3O3/c1-8-11(14(20)21-9(2)13(16)19)12(15)18(17-8)10-6-4-3-5-7-10/h3-7,9H,1-2H3,(H2,16,19)/t9-/m0/s1. The Bertz CT molecular complexity index is 682. The summed E-state index contributed by atoms with van der Waals surface area (Å²) in [6.07, 6.45) is -1.03. The van der Waals surface area contributed by atoms with Crippen LogP contribution in [0.4, 0.5) is 0 Å². The Hall–Kier alpha value is -2.34. The molecule has 0 radical (unpaired) electrons. The van der Waals surface area contributed by atoms with E-state index in [9.17, 15) is 9.59 Å². The summed E-state index contributed by atoms with van der Waals surface area (Å²) >= 11 is 6.21. The van der Waals surface area contributed by atoms with Gasteiger partial charge in [0.1, 0.15) is 10.7 Å². The van der Waals surface area contributed by atoms with Gasteiger partial charge in [-0.15, -0.1) is 0 Å². The summed E-state index contributed by atoms with van der Waals surface area (Å²) in [7, 11) is 0. The zero-order valence-corrected chi connectivity index (χ0v) is 12.3. The van der Waals surface area contributed by atoms with Crippen molar-refractivity contribution in [3.05, 3.63) is 46.7 Å². The quantitative estimate of drug-likeness (QED) is 0.873. The molecule has 0 unspecified atom stereocenters. The summed E-state index contributed by atoms with van der Waals surface area (Å²) in [5.74, 6) is -1.46. The third-order valence-electron chi connectivity index (χ3n) is 2.89. The molecule has 1 amide bonds. The molecule has 0 fully saturated rings. The van der Waals surface area contributed by atoms with Gasteiger partial charge in [-0.3, -0.25) is 4.79 Å². The number of aryl methyl sites for hydroxylation is 1. The van der Waals surface area contributed by atoms with Crippen molar-refractivity contribution in [3.63, 3.8) is 0 Å². The number of ether oxygens (including phenoxy) is 1. The van der Waals surface area contributed by atoms with Crippen LogP contribution in [0.15, 0.2) is 30.3 Å². The summed E-state index contributed by atoms with van der Waals surface area (Å²) in [5, 5.41) is 4.35. The summed E-state index contributed by atoms with van der Waals surface area (Å²) in [5.41, 5.74) is 6.31. The van der Waals surface area contributed by atoms with Gasteiger partial charge >= 0.3 is 5.97 Å². The molecule has 2 aromatic rings. The number of nitrogens with two attached hydrogens (primary N) is 1. The maximum Gasteiger partial charge on any atom is 0.344 e. The smallest absolute Gasteiger partial charge is 0.344 e. The van der Waals surface area contributed by atoms with Crippen LogP contribution in [0.5, 0.6) is 0 Å². The Labute approximate surface area is 126 Å². The average molecular weight is 308 g/mol. The largest absolute Gasteiger partial charge is 0.449 e. The number of rotatable bonds is 4. The van der Waals surface area contributed by atoms with Gasteiger partial charge in [0.25, 0.3) is 5.91 Å². The lowest BCUT2D eigenvalue weighted by molar-refractivity contribution is -0.125. The number of amides is 1. The third-order valence-corrected chi connectivity index (χ3v) is 3.24. The van der Waals surface area contributed by atoms with Crippen molar-refractivity contribution in [1.29, 1.82) is 0 Å². The van der Waals surface area contributed by atoms with Crippen molar-refractivity contribution in [2.24, 2.45) is 5.73 Å². The first-order valence-electron chi connectivity index (χ1n) is 6.22. The molecule has 0 saturated carbocycles. The van der Waals surface area contributed by atoms with Gasteiger partial charge in [-0.2, -0.15) is 5.10 Å². The third kappa shape index (κ3) is 3.05. The molecule has 0 saturated heterocycles. The van der Waals surface area contributed by atoms with Crippen LogP contribution in [-0.4, -0.2) is 27.8 Å². The number of carbonyl (C=O) groups is 2. The van der Waals surface area contributed by atoms with Crippen LogP contribution < -0.4 is 5.73 Å². The number of hydrogen-bond acceptors (Lipinski definition) is 4. The van der Waals surface area contributed by atoms with Gasteiger partial charge in [-0.25, -0.2) is 9.48 Å². The van der Waals surface area contributed by atoms with Crippen LogP contribution in [0.25, 0.3) is 5.69 Å². The van der Waals surface area contributed by atoms with Crippen LogP contribution in [0.1, 0.15) is 23.0 Å². The van der Waals surface area contributed by atoms with E-state index < -0.39 is 18.0 Å². The highest BCUT2D eigenvalue weighted by Crippen LogP contribution is 2.24. The molecule has 0 aliphatic heterocycles. The molecule has 7 heteroatoms. The molecular weight excluding hydrogens is 294 g/mol. The van der Waals surface area contributed by atoms with Crippen molar-refractivity contribution in [1.82, 2.24) is 9.78 Å². The molecule has 2 N–H and O–H groups in total. The topological polar surface area (TPSA) is 87.2 Å². The van der Waals surface area contributed by atoms with E-state index >= 15 is 0 Å². The summed E-state index contributed by atoms with van der Waals surface area (Å²) < 4.78 is 6.39. The molecule has 110 valence electrons. The second-order valence-electron chi connectivity index (χ2n) is 4.45. The van der Waals surface area contributed by atoms with Crippen molar-refractivity contribution < 1.29 is 14.3 Å². The molecule has 1 heterocycles. The number of para-hydroxylation sites is 1. The summed E-state index contributed by atoms with van der Waals surface area (Å²) in [6, 6.07) is 9.13. The Kier molecular flexibility index (Phi) is 4.28. The van der Waals surface area contributed by atoms with E-state index in [0.717, 1.165) is 0 Å². The Morgan fingerprint density at radius 2 is 1.95 bits per heavy atom. The predicted molar refractivity (Wildman–Crippen MR) is 77.4 cm³/mol. The maximum absolute atomic E-state index is 12.1. The van der Waals surface area contributed by atoms with Gasteiger partial charge in [0.2, 0.25) is 0 Å². The van der Waals surface area contributed by atoms with Gasteiger partial charge in [-0.05, 0) is 26.0 Å². The van der Waals surface area contributed by atoms with Crippen molar-refractivity contribution in [3.8, 4) is 5.69 Å². The minimum atomic E-state index is -1.03. The summed E-state index contributed by atoms with van der Waals surface area (Å²) in [4.78, 5) is 23.0. The molecular formula is C14H14ClN3O3. The van der Waals surface area contributed by atoms with Crippen LogP contribution >= 0.6 is 11.6 Å². The number of primary amides is 1. The molecule has 0 spiro atoms. The first kappa shape index (κ1) is 15.1. The molecule has 1 atom stereocenters. The number of halogens is 1. The number of esters is 1.